The molecule has 0 saturated heterocycles. The van der Waals surface area contributed by atoms with Crippen molar-refractivity contribution in [2.75, 3.05) is 11.9 Å². The minimum absolute atomic E-state index is 0.0718. The van der Waals surface area contributed by atoms with Crippen molar-refractivity contribution in [2.24, 2.45) is 0 Å². The zero-order valence-electron chi connectivity index (χ0n) is 12.2. The van der Waals surface area contributed by atoms with E-state index in [9.17, 15) is 9.59 Å². The Morgan fingerprint density at radius 2 is 1.77 bits per heavy atom. The van der Waals surface area contributed by atoms with E-state index in [2.05, 4.69) is 5.32 Å². The molecule has 0 saturated carbocycles. The van der Waals surface area contributed by atoms with E-state index in [1.807, 2.05) is 19.1 Å². The fraction of sp³-hybridized carbons (Fsp3) is 0.176. The molecular formula is C17H17NO4. The maximum atomic E-state index is 12.0. The molecule has 0 fully saturated rings. The van der Waals surface area contributed by atoms with E-state index in [0.29, 0.717) is 12.3 Å². The lowest BCUT2D eigenvalue weighted by Crippen LogP contribution is -2.16. The highest BCUT2D eigenvalue weighted by atomic mass is 16.5. The van der Waals surface area contributed by atoms with E-state index in [1.54, 1.807) is 30.3 Å². The molecule has 0 unspecified atom stereocenters. The first-order valence-corrected chi connectivity index (χ1v) is 6.94. The number of amides is 1. The quantitative estimate of drug-likeness (QED) is 0.860. The Balaban J connectivity index is 2.02. The monoisotopic (exact) mass is 299 g/mol. The molecule has 0 atom stereocenters. The fourth-order valence-electron chi connectivity index (χ4n) is 2.03. The van der Waals surface area contributed by atoms with E-state index in [0.717, 1.165) is 11.3 Å². The number of rotatable bonds is 6. The SMILES string of the molecule is CCOc1ccc(CC(=O)Nc2ccccc2C(=O)O)cc1. The van der Waals surface area contributed by atoms with Crippen molar-refractivity contribution in [3.05, 3.63) is 59.7 Å². The van der Waals surface area contributed by atoms with Gasteiger partial charge in [-0.15, -0.1) is 0 Å². The van der Waals surface area contributed by atoms with Gasteiger partial charge in [-0.3, -0.25) is 4.79 Å². The fourth-order valence-corrected chi connectivity index (χ4v) is 2.03. The summed E-state index contributed by atoms with van der Waals surface area (Å²) in [6.07, 6.45) is 0.167. The number of para-hydroxylation sites is 1. The number of ether oxygens (including phenoxy) is 1. The van der Waals surface area contributed by atoms with Crippen molar-refractivity contribution >= 4 is 17.6 Å². The number of carboxylic acids is 1. The molecule has 0 bridgehead atoms. The molecule has 0 aliphatic carbocycles. The Morgan fingerprint density at radius 3 is 2.41 bits per heavy atom. The molecule has 114 valence electrons. The van der Waals surface area contributed by atoms with Crippen LogP contribution >= 0.6 is 0 Å². The van der Waals surface area contributed by atoms with Crippen molar-refractivity contribution in [3.63, 3.8) is 0 Å². The summed E-state index contributed by atoms with van der Waals surface area (Å²) in [5.74, 6) is -0.585. The third-order valence-corrected chi connectivity index (χ3v) is 3.03. The summed E-state index contributed by atoms with van der Waals surface area (Å²) in [7, 11) is 0. The highest BCUT2D eigenvalue weighted by molar-refractivity contribution is 6.00. The van der Waals surface area contributed by atoms with Crippen molar-refractivity contribution in [1.29, 1.82) is 0 Å². The molecule has 2 aromatic rings. The van der Waals surface area contributed by atoms with Gasteiger partial charge in [-0.05, 0) is 36.8 Å². The summed E-state index contributed by atoms with van der Waals surface area (Å²) in [6, 6.07) is 13.6. The summed E-state index contributed by atoms with van der Waals surface area (Å²) >= 11 is 0. The summed E-state index contributed by atoms with van der Waals surface area (Å²) in [4.78, 5) is 23.1. The molecule has 5 heteroatoms. The number of hydrogen-bond donors (Lipinski definition) is 2. The number of carboxylic acid groups (broad SMARTS) is 1. The highest BCUT2D eigenvalue weighted by Gasteiger charge is 2.12. The molecular weight excluding hydrogens is 282 g/mol. The lowest BCUT2D eigenvalue weighted by atomic mass is 10.1. The topological polar surface area (TPSA) is 75.6 Å². The standard InChI is InChI=1S/C17H17NO4/c1-2-22-13-9-7-12(8-10-13)11-16(19)18-15-6-4-3-5-14(15)17(20)21/h3-10H,2,11H2,1H3,(H,18,19)(H,20,21). The maximum Gasteiger partial charge on any atom is 0.337 e. The van der Waals surface area contributed by atoms with E-state index in [-0.39, 0.29) is 17.9 Å². The van der Waals surface area contributed by atoms with Crippen LogP contribution in [0.5, 0.6) is 5.75 Å². The van der Waals surface area contributed by atoms with E-state index >= 15 is 0 Å². The van der Waals surface area contributed by atoms with Gasteiger partial charge in [-0.2, -0.15) is 0 Å². The van der Waals surface area contributed by atoms with Gasteiger partial charge in [0.25, 0.3) is 0 Å². The number of hydrogen-bond acceptors (Lipinski definition) is 3. The van der Waals surface area contributed by atoms with Crippen LogP contribution < -0.4 is 10.1 Å². The number of carbonyl (C=O) groups excluding carboxylic acids is 1. The van der Waals surface area contributed by atoms with Crippen LogP contribution in [0.15, 0.2) is 48.5 Å². The van der Waals surface area contributed by atoms with Crippen LogP contribution in [0.2, 0.25) is 0 Å². The molecule has 22 heavy (non-hydrogen) atoms. The highest BCUT2D eigenvalue weighted by Crippen LogP contribution is 2.16. The third kappa shape index (κ3) is 4.09. The molecule has 2 rings (SSSR count). The minimum Gasteiger partial charge on any atom is -0.494 e. The molecule has 2 aromatic carbocycles. The van der Waals surface area contributed by atoms with E-state index in [4.69, 9.17) is 9.84 Å². The van der Waals surface area contributed by atoms with Crippen molar-refractivity contribution in [1.82, 2.24) is 0 Å². The van der Waals surface area contributed by atoms with Crippen LogP contribution in [0.1, 0.15) is 22.8 Å². The lowest BCUT2D eigenvalue weighted by Gasteiger charge is -2.09. The van der Waals surface area contributed by atoms with E-state index < -0.39 is 5.97 Å². The number of aromatic carboxylic acids is 1. The summed E-state index contributed by atoms with van der Waals surface area (Å²) in [6.45, 7) is 2.49. The summed E-state index contributed by atoms with van der Waals surface area (Å²) < 4.78 is 5.34. The molecule has 0 aromatic heterocycles. The van der Waals surface area contributed by atoms with Gasteiger partial charge in [-0.25, -0.2) is 4.79 Å². The number of benzene rings is 2. The third-order valence-electron chi connectivity index (χ3n) is 3.03. The van der Waals surface area contributed by atoms with Crippen LogP contribution in [0, 0.1) is 0 Å². The van der Waals surface area contributed by atoms with Gasteiger partial charge in [-0.1, -0.05) is 24.3 Å². The molecule has 0 heterocycles. The predicted molar refractivity (Wildman–Crippen MR) is 83.3 cm³/mol. The summed E-state index contributed by atoms with van der Waals surface area (Å²) in [5, 5.41) is 11.7. The smallest absolute Gasteiger partial charge is 0.337 e. The van der Waals surface area contributed by atoms with Gasteiger partial charge in [0.15, 0.2) is 0 Å². The minimum atomic E-state index is -1.07. The van der Waals surface area contributed by atoms with Gasteiger partial charge in [0.05, 0.1) is 24.3 Å². The average Bonchev–Trinajstić information content (AvgIpc) is 2.50. The summed E-state index contributed by atoms with van der Waals surface area (Å²) in [5.41, 5.74) is 1.20. The first kappa shape index (κ1) is 15.6. The van der Waals surface area contributed by atoms with E-state index in [1.165, 1.54) is 6.07 Å². The Bertz CT molecular complexity index is 665. The van der Waals surface area contributed by atoms with Crippen LogP contribution in [-0.2, 0) is 11.2 Å². The lowest BCUT2D eigenvalue weighted by molar-refractivity contribution is -0.115. The second kappa shape index (κ2) is 7.26. The molecule has 0 radical (unpaired) electrons. The van der Waals surface area contributed by atoms with Gasteiger partial charge < -0.3 is 15.2 Å². The number of anilines is 1. The molecule has 0 spiro atoms. The van der Waals surface area contributed by atoms with Crippen molar-refractivity contribution in [3.8, 4) is 5.75 Å². The second-order valence-corrected chi connectivity index (χ2v) is 4.65. The first-order valence-electron chi connectivity index (χ1n) is 6.94. The zero-order valence-corrected chi connectivity index (χ0v) is 12.2. The molecule has 2 N–H and O–H groups in total. The molecule has 0 aliphatic heterocycles. The Hall–Kier alpha value is -2.82. The first-order chi connectivity index (χ1) is 10.6. The van der Waals surface area contributed by atoms with Crippen molar-refractivity contribution < 1.29 is 19.4 Å². The second-order valence-electron chi connectivity index (χ2n) is 4.65. The molecule has 1 amide bonds. The van der Waals surface area contributed by atoms with Gasteiger partial charge in [0.2, 0.25) is 5.91 Å². The largest absolute Gasteiger partial charge is 0.494 e. The van der Waals surface area contributed by atoms with Crippen LogP contribution in [0.25, 0.3) is 0 Å². The van der Waals surface area contributed by atoms with Crippen LogP contribution in [0.4, 0.5) is 5.69 Å². The Morgan fingerprint density at radius 1 is 1.09 bits per heavy atom. The number of nitrogens with one attached hydrogen (secondary N) is 1. The van der Waals surface area contributed by atoms with Gasteiger partial charge in [0.1, 0.15) is 5.75 Å². The van der Waals surface area contributed by atoms with Crippen LogP contribution in [-0.4, -0.2) is 23.6 Å². The molecule has 5 nitrogen and oxygen atoms in total. The van der Waals surface area contributed by atoms with Gasteiger partial charge >= 0.3 is 5.97 Å². The van der Waals surface area contributed by atoms with Crippen molar-refractivity contribution in [2.45, 2.75) is 13.3 Å². The van der Waals surface area contributed by atoms with Gasteiger partial charge in [0, 0.05) is 0 Å². The Kier molecular flexibility index (Phi) is 5.14. The average molecular weight is 299 g/mol. The van der Waals surface area contributed by atoms with Crippen LogP contribution in [0.3, 0.4) is 0 Å². The Labute approximate surface area is 128 Å². The normalized spacial score (nSPS) is 10.0. The molecule has 0 aliphatic rings. The zero-order chi connectivity index (χ0) is 15.9. The predicted octanol–water partition coefficient (Wildman–Crippen LogP) is 2.96. The maximum absolute atomic E-state index is 12.0. The number of carbonyl (C=O) groups is 2.